The van der Waals surface area contributed by atoms with Crippen LogP contribution in [0.1, 0.15) is 48.5 Å². The first-order chi connectivity index (χ1) is 9.93. The second-order valence-electron chi connectivity index (χ2n) is 5.96. The summed E-state index contributed by atoms with van der Waals surface area (Å²) < 4.78 is 2.31. The molecule has 3 nitrogen and oxygen atoms in total. The number of rotatable bonds is 2. The zero-order chi connectivity index (χ0) is 13.4. The molecule has 1 aromatic heterocycles. The van der Waals surface area contributed by atoms with Crippen LogP contribution in [0, 0.1) is 0 Å². The van der Waals surface area contributed by atoms with Gasteiger partial charge in [0.15, 0.2) is 0 Å². The molecule has 1 fully saturated rings. The lowest BCUT2D eigenvalue weighted by molar-refractivity contribution is 0.611. The molecule has 1 saturated heterocycles. The molecule has 1 aliphatic heterocycles. The summed E-state index contributed by atoms with van der Waals surface area (Å²) >= 11 is 0. The summed E-state index contributed by atoms with van der Waals surface area (Å²) in [4.78, 5) is 4.41. The Kier molecular flexibility index (Phi) is 3.07. The lowest BCUT2D eigenvalue weighted by atomic mass is 9.90. The van der Waals surface area contributed by atoms with Crippen LogP contribution in [-0.2, 0) is 12.8 Å². The molecule has 1 N–H and O–H groups in total. The maximum Gasteiger partial charge on any atom is 0.0994 e. The highest BCUT2D eigenvalue weighted by atomic mass is 15.1. The first-order valence-electron chi connectivity index (χ1n) is 7.80. The molecule has 2 aromatic rings. The molecule has 0 spiro atoms. The van der Waals surface area contributed by atoms with E-state index in [-0.39, 0.29) is 0 Å². The maximum absolute atomic E-state index is 4.41. The predicted molar refractivity (Wildman–Crippen MR) is 80.2 cm³/mol. The number of imidazole rings is 1. The molecule has 20 heavy (non-hydrogen) atoms. The fourth-order valence-electron chi connectivity index (χ4n) is 3.69. The fourth-order valence-corrected chi connectivity index (χ4v) is 3.69. The Labute approximate surface area is 120 Å². The predicted octanol–water partition coefficient (Wildman–Crippen LogP) is 3.18. The SMILES string of the molecule is c1cc2c(c(-n3cncc3C3CCCN3)c1)CCCC2. The van der Waals surface area contributed by atoms with Crippen LogP contribution < -0.4 is 5.32 Å². The number of hydrogen-bond acceptors (Lipinski definition) is 2. The third kappa shape index (κ3) is 1.97. The van der Waals surface area contributed by atoms with Gasteiger partial charge in [-0.2, -0.15) is 0 Å². The minimum absolute atomic E-state index is 0.469. The van der Waals surface area contributed by atoms with Crippen molar-refractivity contribution in [3.8, 4) is 5.69 Å². The average Bonchev–Trinajstić information content (AvgIpc) is 3.17. The van der Waals surface area contributed by atoms with E-state index in [1.807, 2.05) is 12.5 Å². The molecule has 3 heteroatoms. The number of benzene rings is 1. The van der Waals surface area contributed by atoms with E-state index in [1.54, 1.807) is 0 Å². The molecule has 0 radical (unpaired) electrons. The molecule has 2 heterocycles. The van der Waals surface area contributed by atoms with Crippen molar-refractivity contribution < 1.29 is 0 Å². The smallest absolute Gasteiger partial charge is 0.0994 e. The molecule has 0 bridgehead atoms. The van der Waals surface area contributed by atoms with Crippen molar-refractivity contribution >= 4 is 0 Å². The minimum atomic E-state index is 0.469. The molecule has 4 rings (SSSR count). The molecule has 0 saturated carbocycles. The van der Waals surface area contributed by atoms with Crippen LogP contribution in [0.2, 0.25) is 0 Å². The van der Waals surface area contributed by atoms with E-state index in [2.05, 4.69) is 33.1 Å². The largest absolute Gasteiger partial charge is 0.309 e. The Morgan fingerprint density at radius 1 is 1.15 bits per heavy atom. The number of nitrogens with zero attached hydrogens (tertiary/aromatic N) is 2. The third-order valence-electron chi connectivity index (χ3n) is 4.72. The molecule has 1 aromatic carbocycles. The number of aryl methyl sites for hydroxylation is 1. The van der Waals surface area contributed by atoms with Gasteiger partial charge in [0.25, 0.3) is 0 Å². The summed E-state index contributed by atoms with van der Waals surface area (Å²) in [5.41, 5.74) is 5.74. The lowest BCUT2D eigenvalue weighted by Gasteiger charge is -2.22. The summed E-state index contributed by atoms with van der Waals surface area (Å²) in [7, 11) is 0. The number of fused-ring (bicyclic) bond motifs is 1. The van der Waals surface area contributed by atoms with E-state index in [1.165, 1.54) is 61.0 Å². The molecule has 1 unspecified atom stereocenters. The first kappa shape index (κ1) is 12.2. The van der Waals surface area contributed by atoms with E-state index in [4.69, 9.17) is 0 Å². The normalized spacial score (nSPS) is 21.9. The third-order valence-corrected chi connectivity index (χ3v) is 4.72. The second-order valence-corrected chi connectivity index (χ2v) is 5.96. The van der Waals surface area contributed by atoms with E-state index in [9.17, 15) is 0 Å². The highest BCUT2D eigenvalue weighted by Gasteiger charge is 2.22. The van der Waals surface area contributed by atoms with Crippen molar-refractivity contribution in [2.45, 2.75) is 44.6 Å². The molecular weight excluding hydrogens is 246 g/mol. The molecule has 0 amide bonds. The van der Waals surface area contributed by atoms with Gasteiger partial charge in [-0.3, -0.25) is 0 Å². The van der Waals surface area contributed by atoms with Crippen molar-refractivity contribution in [1.29, 1.82) is 0 Å². The summed E-state index contributed by atoms with van der Waals surface area (Å²) in [6.07, 6.45) is 11.6. The van der Waals surface area contributed by atoms with Crippen LogP contribution in [-0.4, -0.2) is 16.1 Å². The second kappa shape index (κ2) is 5.06. The van der Waals surface area contributed by atoms with Crippen LogP contribution in [0.3, 0.4) is 0 Å². The average molecular weight is 267 g/mol. The van der Waals surface area contributed by atoms with E-state index in [0.717, 1.165) is 6.54 Å². The zero-order valence-electron chi connectivity index (χ0n) is 11.8. The Balaban J connectivity index is 1.80. The van der Waals surface area contributed by atoms with Crippen molar-refractivity contribution in [1.82, 2.24) is 14.9 Å². The molecule has 2 aliphatic rings. The first-order valence-corrected chi connectivity index (χ1v) is 7.80. The Morgan fingerprint density at radius 2 is 2.10 bits per heavy atom. The van der Waals surface area contributed by atoms with Crippen LogP contribution >= 0.6 is 0 Å². The van der Waals surface area contributed by atoms with Gasteiger partial charge in [0.1, 0.15) is 0 Å². The quantitative estimate of drug-likeness (QED) is 0.905. The summed E-state index contributed by atoms with van der Waals surface area (Å²) in [5, 5.41) is 3.59. The molecule has 1 aliphatic carbocycles. The zero-order valence-corrected chi connectivity index (χ0v) is 11.8. The monoisotopic (exact) mass is 267 g/mol. The van der Waals surface area contributed by atoms with Gasteiger partial charge < -0.3 is 9.88 Å². The van der Waals surface area contributed by atoms with Crippen LogP contribution in [0.15, 0.2) is 30.7 Å². The van der Waals surface area contributed by atoms with Crippen molar-refractivity contribution in [2.75, 3.05) is 6.54 Å². The molecule has 104 valence electrons. The van der Waals surface area contributed by atoms with Gasteiger partial charge in [-0.05, 0) is 62.3 Å². The van der Waals surface area contributed by atoms with Gasteiger partial charge in [-0.1, -0.05) is 12.1 Å². The van der Waals surface area contributed by atoms with Gasteiger partial charge in [-0.25, -0.2) is 4.98 Å². The Bertz CT molecular complexity index is 608. The van der Waals surface area contributed by atoms with E-state index >= 15 is 0 Å². The Morgan fingerprint density at radius 3 is 3.00 bits per heavy atom. The summed E-state index contributed by atoms with van der Waals surface area (Å²) in [5.74, 6) is 0. The van der Waals surface area contributed by atoms with Gasteiger partial charge in [0.2, 0.25) is 0 Å². The fraction of sp³-hybridized carbons (Fsp3) is 0.471. The maximum atomic E-state index is 4.41. The number of nitrogens with one attached hydrogen (secondary N) is 1. The standard InChI is InChI=1S/C17H21N3/c1-2-7-14-13(5-1)6-3-9-16(14)20-12-18-11-17(20)15-8-4-10-19-15/h3,6,9,11-12,15,19H,1-2,4-5,7-8,10H2. The lowest BCUT2D eigenvalue weighted by Crippen LogP contribution is -2.17. The number of aromatic nitrogens is 2. The van der Waals surface area contributed by atoms with Crippen molar-refractivity contribution in [2.24, 2.45) is 0 Å². The van der Waals surface area contributed by atoms with E-state index in [0.29, 0.717) is 6.04 Å². The van der Waals surface area contributed by atoms with Crippen LogP contribution in [0.25, 0.3) is 5.69 Å². The van der Waals surface area contributed by atoms with Gasteiger partial charge in [0.05, 0.1) is 23.9 Å². The highest BCUT2D eigenvalue weighted by molar-refractivity contribution is 5.48. The van der Waals surface area contributed by atoms with Gasteiger partial charge in [-0.15, -0.1) is 0 Å². The van der Waals surface area contributed by atoms with Gasteiger partial charge >= 0.3 is 0 Å². The number of hydrogen-bond donors (Lipinski definition) is 1. The van der Waals surface area contributed by atoms with Crippen LogP contribution in [0.5, 0.6) is 0 Å². The van der Waals surface area contributed by atoms with Crippen LogP contribution in [0.4, 0.5) is 0 Å². The molecule has 1 atom stereocenters. The highest BCUT2D eigenvalue weighted by Crippen LogP contribution is 2.30. The van der Waals surface area contributed by atoms with E-state index < -0.39 is 0 Å². The molecular formula is C17H21N3. The topological polar surface area (TPSA) is 29.9 Å². The van der Waals surface area contributed by atoms with Crippen molar-refractivity contribution in [3.63, 3.8) is 0 Å². The Hall–Kier alpha value is -1.61. The van der Waals surface area contributed by atoms with Crippen molar-refractivity contribution in [3.05, 3.63) is 47.5 Å². The summed E-state index contributed by atoms with van der Waals surface area (Å²) in [6, 6.07) is 7.22. The summed E-state index contributed by atoms with van der Waals surface area (Å²) in [6.45, 7) is 1.13. The minimum Gasteiger partial charge on any atom is -0.309 e. The van der Waals surface area contributed by atoms with Gasteiger partial charge in [0, 0.05) is 6.04 Å².